The van der Waals surface area contributed by atoms with Crippen molar-refractivity contribution in [3.63, 3.8) is 0 Å². The molecule has 0 spiro atoms. The summed E-state index contributed by atoms with van der Waals surface area (Å²) >= 11 is 6.30. The summed E-state index contributed by atoms with van der Waals surface area (Å²) in [6, 6.07) is 24.2. The van der Waals surface area contributed by atoms with Gasteiger partial charge in [-0.1, -0.05) is 29.8 Å². The standard InChI is InChI=1S/C33H34ClN5O2/c1-23-6-7-28(34)19-27(23)22-39-13-12-35-32-31(39)20-26(21-36-32)24-4-3-5-25(18-24)33(40)38-16-14-37(15-17-38)29-8-10-30(41-2)11-9-29/h3-11,18-21H,12-17,22H2,1-2H3,(H,35,36). The molecule has 0 radical (unpaired) electrons. The van der Waals surface area contributed by atoms with E-state index >= 15 is 0 Å². The number of hydrogen-bond acceptors (Lipinski definition) is 6. The monoisotopic (exact) mass is 567 g/mol. The molecule has 1 aromatic heterocycles. The lowest BCUT2D eigenvalue weighted by atomic mass is 10.0. The first-order chi connectivity index (χ1) is 20.0. The van der Waals surface area contributed by atoms with Crippen LogP contribution in [0.5, 0.6) is 5.75 Å². The van der Waals surface area contributed by atoms with Crippen LogP contribution in [0.1, 0.15) is 21.5 Å². The molecule has 41 heavy (non-hydrogen) atoms. The predicted octanol–water partition coefficient (Wildman–Crippen LogP) is 6.11. The fourth-order valence-corrected chi connectivity index (χ4v) is 5.77. The van der Waals surface area contributed by atoms with Gasteiger partial charge in [-0.3, -0.25) is 4.79 Å². The van der Waals surface area contributed by atoms with Crippen molar-refractivity contribution in [3.8, 4) is 16.9 Å². The maximum absolute atomic E-state index is 13.5. The van der Waals surface area contributed by atoms with Crippen LogP contribution in [0, 0.1) is 6.92 Å². The second kappa shape index (κ2) is 11.7. The van der Waals surface area contributed by atoms with Gasteiger partial charge in [0.2, 0.25) is 0 Å². The average Bonchev–Trinajstić information content (AvgIpc) is 3.02. The number of pyridine rings is 1. The van der Waals surface area contributed by atoms with Crippen LogP contribution in [-0.4, -0.2) is 62.2 Å². The highest BCUT2D eigenvalue weighted by atomic mass is 35.5. The van der Waals surface area contributed by atoms with E-state index in [1.54, 1.807) is 7.11 Å². The Balaban J connectivity index is 1.17. The summed E-state index contributed by atoms with van der Waals surface area (Å²) in [5.41, 5.74) is 7.29. The topological polar surface area (TPSA) is 60.9 Å². The number of aryl methyl sites for hydroxylation is 1. The number of ether oxygens (including phenoxy) is 1. The van der Waals surface area contributed by atoms with Gasteiger partial charge in [-0.15, -0.1) is 0 Å². The van der Waals surface area contributed by atoms with Crippen molar-refractivity contribution in [1.29, 1.82) is 0 Å². The summed E-state index contributed by atoms with van der Waals surface area (Å²) < 4.78 is 5.28. The molecular formula is C33H34ClN5O2. The van der Waals surface area contributed by atoms with E-state index in [0.717, 1.165) is 71.8 Å². The molecule has 2 aliphatic rings. The Morgan fingerprint density at radius 3 is 2.54 bits per heavy atom. The molecule has 0 saturated carbocycles. The molecule has 0 unspecified atom stereocenters. The first-order valence-corrected chi connectivity index (χ1v) is 14.4. The van der Waals surface area contributed by atoms with E-state index in [2.05, 4.69) is 46.3 Å². The SMILES string of the molecule is COc1ccc(N2CCN(C(=O)c3cccc(-c4cnc5c(c4)N(Cc4cc(Cl)ccc4C)CCN5)c3)CC2)cc1. The van der Waals surface area contributed by atoms with Gasteiger partial charge in [0.15, 0.2) is 0 Å². The van der Waals surface area contributed by atoms with Gasteiger partial charge >= 0.3 is 0 Å². The van der Waals surface area contributed by atoms with Gasteiger partial charge in [0.05, 0.1) is 12.8 Å². The smallest absolute Gasteiger partial charge is 0.253 e. The Kier molecular flexibility index (Phi) is 7.70. The summed E-state index contributed by atoms with van der Waals surface area (Å²) in [5, 5.41) is 4.17. The van der Waals surface area contributed by atoms with Crippen LogP contribution in [0.4, 0.5) is 17.2 Å². The van der Waals surface area contributed by atoms with Crippen molar-refractivity contribution >= 4 is 34.7 Å². The number of fused-ring (bicyclic) bond motifs is 1. The van der Waals surface area contributed by atoms with E-state index in [9.17, 15) is 4.79 Å². The molecule has 1 amide bonds. The minimum atomic E-state index is 0.0619. The molecular weight excluding hydrogens is 534 g/mol. The van der Waals surface area contributed by atoms with Crippen LogP contribution in [-0.2, 0) is 6.54 Å². The third kappa shape index (κ3) is 5.81. The molecule has 0 atom stereocenters. The molecule has 3 aromatic carbocycles. The number of halogens is 1. The number of hydrogen-bond donors (Lipinski definition) is 1. The number of rotatable bonds is 6. The first-order valence-electron chi connectivity index (χ1n) is 14.0. The number of nitrogens with one attached hydrogen (secondary N) is 1. The highest BCUT2D eigenvalue weighted by molar-refractivity contribution is 6.30. The quantitative estimate of drug-likeness (QED) is 0.303. The summed E-state index contributed by atoms with van der Waals surface area (Å²) in [5.74, 6) is 1.78. The molecule has 8 heteroatoms. The third-order valence-corrected chi connectivity index (χ3v) is 8.24. The van der Waals surface area contributed by atoms with Crippen LogP contribution >= 0.6 is 11.6 Å². The minimum absolute atomic E-state index is 0.0619. The summed E-state index contributed by atoms with van der Waals surface area (Å²) in [4.78, 5) is 24.9. The third-order valence-electron chi connectivity index (χ3n) is 8.00. The van der Waals surface area contributed by atoms with Gasteiger partial charge in [-0.2, -0.15) is 0 Å². The molecule has 3 heterocycles. The van der Waals surface area contributed by atoms with E-state index in [1.807, 2.05) is 59.6 Å². The second-order valence-corrected chi connectivity index (χ2v) is 11.0. The Labute approximate surface area is 246 Å². The lowest BCUT2D eigenvalue weighted by Crippen LogP contribution is -2.48. The van der Waals surface area contributed by atoms with Crippen molar-refractivity contribution < 1.29 is 9.53 Å². The van der Waals surface area contributed by atoms with Crippen LogP contribution in [0.2, 0.25) is 5.02 Å². The van der Waals surface area contributed by atoms with Crippen molar-refractivity contribution in [1.82, 2.24) is 9.88 Å². The highest BCUT2D eigenvalue weighted by Gasteiger charge is 2.24. The molecule has 7 nitrogen and oxygen atoms in total. The zero-order valence-electron chi connectivity index (χ0n) is 23.4. The minimum Gasteiger partial charge on any atom is -0.497 e. The van der Waals surface area contributed by atoms with E-state index in [4.69, 9.17) is 21.3 Å². The largest absolute Gasteiger partial charge is 0.497 e. The number of aromatic nitrogens is 1. The number of anilines is 3. The van der Waals surface area contributed by atoms with E-state index < -0.39 is 0 Å². The van der Waals surface area contributed by atoms with Gasteiger partial charge < -0.3 is 24.8 Å². The molecule has 1 N–H and O–H groups in total. The number of benzene rings is 3. The second-order valence-electron chi connectivity index (χ2n) is 10.6. The Bertz CT molecular complexity index is 1550. The fourth-order valence-electron chi connectivity index (χ4n) is 5.57. The zero-order valence-corrected chi connectivity index (χ0v) is 24.2. The molecule has 2 aliphatic heterocycles. The summed E-state index contributed by atoms with van der Waals surface area (Å²) in [6.07, 6.45) is 1.89. The number of carbonyl (C=O) groups excluding carboxylic acids is 1. The van der Waals surface area contributed by atoms with E-state index in [0.29, 0.717) is 18.7 Å². The average molecular weight is 568 g/mol. The van der Waals surface area contributed by atoms with Crippen LogP contribution in [0.15, 0.2) is 79.0 Å². The van der Waals surface area contributed by atoms with Crippen LogP contribution in [0.3, 0.4) is 0 Å². The lowest BCUT2D eigenvalue weighted by molar-refractivity contribution is 0.0747. The van der Waals surface area contributed by atoms with Crippen LogP contribution in [0.25, 0.3) is 11.1 Å². The first kappa shape index (κ1) is 27.0. The summed E-state index contributed by atoms with van der Waals surface area (Å²) in [6.45, 7) is 7.51. The van der Waals surface area contributed by atoms with E-state index in [1.165, 1.54) is 11.1 Å². The van der Waals surface area contributed by atoms with Gasteiger partial charge in [0.1, 0.15) is 11.6 Å². The molecule has 210 valence electrons. The molecule has 6 rings (SSSR count). The van der Waals surface area contributed by atoms with Crippen molar-refractivity contribution in [2.24, 2.45) is 0 Å². The number of carbonyl (C=O) groups is 1. The van der Waals surface area contributed by atoms with Gasteiger partial charge in [-0.25, -0.2) is 4.98 Å². The molecule has 1 fully saturated rings. The molecule has 4 aromatic rings. The number of nitrogens with zero attached hydrogens (tertiary/aromatic N) is 4. The fraction of sp³-hybridized carbons (Fsp3) is 0.273. The van der Waals surface area contributed by atoms with Crippen molar-refractivity contribution in [3.05, 3.63) is 101 Å². The van der Waals surface area contributed by atoms with Crippen LogP contribution < -0.4 is 19.9 Å². The number of amides is 1. The Morgan fingerprint density at radius 1 is 0.951 bits per heavy atom. The van der Waals surface area contributed by atoms with Gasteiger partial charge in [-0.05, 0) is 78.2 Å². The van der Waals surface area contributed by atoms with E-state index in [-0.39, 0.29) is 5.91 Å². The lowest BCUT2D eigenvalue weighted by Gasteiger charge is -2.36. The Morgan fingerprint density at radius 2 is 1.76 bits per heavy atom. The number of methoxy groups -OCH3 is 1. The van der Waals surface area contributed by atoms with Gasteiger partial charge in [0, 0.05) is 73.8 Å². The van der Waals surface area contributed by atoms with Crippen molar-refractivity contribution in [2.45, 2.75) is 13.5 Å². The maximum Gasteiger partial charge on any atom is 0.253 e. The normalized spacial score (nSPS) is 14.9. The molecule has 1 saturated heterocycles. The predicted molar refractivity (Wildman–Crippen MR) is 167 cm³/mol. The highest BCUT2D eigenvalue weighted by Crippen LogP contribution is 2.34. The zero-order chi connectivity index (χ0) is 28.3. The summed E-state index contributed by atoms with van der Waals surface area (Å²) in [7, 11) is 1.67. The van der Waals surface area contributed by atoms with Crippen molar-refractivity contribution in [2.75, 3.05) is 61.5 Å². The molecule has 0 bridgehead atoms. The molecule has 0 aliphatic carbocycles. The Hall–Kier alpha value is -4.23. The van der Waals surface area contributed by atoms with Gasteiger partial charge in [0.25, 0.3) is 5.91 Å². The number of piperazine rings is 1. The maximum atomic E-state index is 13.5.